The average molecular weight is 216 g/mol. The highest BCUT2D eigenvalue weighted by atomic mass is 16.3. The largest absolute Gasteiger partial charge is 0.512 e. The first-order valence-electron chi connectivity index (χ1n) is 4.96. The number of aliphatic hydroxyl groups excluding tert-OH is 1. The second-order valence-corrected chi connectivity index (χ2v) is 3.61. The van der Waals surface area contributed by atoms with Crippen LogP contribution in [0.3, 0.4) is 0 Å². The lowest BCUT2D eigenvalue weighted by Crippen LogP contribution is -2.24. The van der Waals surface area contributed by atoms with Gasteiger partial charge < -0.3 is 10.2 Å². The van der Waals surface area contributed by atoms with Gasteiger partial charge in [0.2, 0.25) is 5.72 Å². The van der Waals surface area contributed by atoms with Gasteiger partial charge in [0.15, 0.2) is 0 Å². The molecular formula is C12H12N2O2. The molecule has 1 aromatic carbocycles. The van der Waals surface area contributed by atoms with Crippen LogP contribution in [0.25, 0.3) is 0 Å². The number of aliphatic hydroxyl groups is 2. The molecule has 0 aliphatic heterocycles. The first-order chi connectivity index (χ1) is 7.68. The molecule has 0 saturated carbocycles. The minimum absolute atomic E-state index is 0.0554. The molecule has 0 saturated heterocycles. The van der Waals surface area contributed by atoms with Crippen LogP contribution >= 0.6 is 0 Å². The van der Waals surface area contributed by atoms with Crippen molar-refractivity contribution in [1.82, 2.24) is 0 Å². The van der Waals surface area contributed by atoms with Crippen molar-refractivity contribution in [3.63, 3.8) is 0 Å². The van der Waals surface area contributed by atoms with Crippen LogP contribution in [0.1, 0.15) is 6.42 Å². The maximum atomic E-state index is 9.95. The molecule has 0 heterocycles. The normalized spacial score (nSPS) is 24.7. The summed E-state index contributed by atoms with van der Waals surface area (Å²) in [7, 11) is 0. The van der Waals surface area contributed by atoms with Gasteiger partial charge in [-0.1, -0.05) is 24.3 Å². The van der Waals surface area contributed by atoms with Crippen molar-refractivity contribution in [3.05, 3.63) is 54.3 Å². The molecule has 82 valence electrons. The van der Waals surface area contributed by atoms with Gasteiger partial charge in [0.1, 0.15) is 0 Å². The maximum absolute atomic E-state index is 9.95. The van der Waals surface area contributed by atoms with E-state index in [2.05, 4.69) is 10.2 Å². The fraction of sp³-hybridized carbons (Fsp3) is 0.167. The molecule has 1 aromatic rings. The summed E-state index contributed by atoms with van der Waals surface area (Å²) in [6.45, 7) is 0. The van der Waals surface area contributed by atoms with E-state index in [1.165, 1.54) is 12.2 Å². The zero-order valence-corrected chi connectivity index (χ0v) is 8.61. The first kappa shape index (κ1) is 10.6. The highest BCUT2D eigenvalue weighted by molar-refractivity contribution is 5.35. The molecule has 0 amide bonds. The van der Waals surface area contributed by atoms with Gasteiger partial charge in [0, 0.05) is 0 Å². The van der Waals surface area contributed by atoms with E-state index in [1.807, 2.05) is 18.2 Å². The monoisotopic (exact) mass is 216 g/mol. The molecule has 2 N–H and O–H groups in total. The third-order valence-corrected chi connectivity index (χ3v) is 2.19. The molecule has 0 radical (unpaired) electrons. The van der Waals surface area contributed by atoms with Gasteiger partial charge in [-0.15, -0.1) is 5.11 Å². The van der Waals surface area contributed by atoms with Gasteiger partial charge in [-0.25, -0.2) is 0 Å². The molecule has 16 heavy (non-hydrogen) atoms. The van der Waals surface area contributed by atoms with Gasteiger partial charge in [-0.05, 0) is 24.3 Å². The van der Waals surface area contributed by atoms with Gasteiger partial charge in [0.05, 0.1) is 17.9 Å². The fourth-order valence-electron chi connectivity index (χ4n) is 1.41. The van der Waals surface area contributed by atoms with Gasteiger partial charge in [-0.3, -0.25) is 0 Å². The third kappa shape index (κ3) is 2.55. The quantitative estimate of drug-likeness (QED) is 0.746. The molecule has 1 aliphatic carbocycles. The van der Waals surface area contributed by atoms with E-state index in [0.717, 1.165) is 0 Å². The summed E-state index contributed by atoms with van der Waals surface area (Å²) >= 11 is 0. The Morgan fingerprint density at radius 1 is 1.19 bits per heavy atom. The number of hydrogen-bond acceptors (Lipinski definition) is 4. The fourth-order valence-corrected chi connectivity index (χ4v) is 1.41. The molecule has 0 spiro atoms. The average Bonchev–Trinajstić information content (AvgIpc) is 2.28. The summed E-state index contributed by atoms with van der Waals surface area (Å²) in [5, 5.41) is 27.0. The second-order valence-electron chi connectivity index (χ2n) is 3.61. The van der Waals surface area contributed by atoms with Crippen molar-refractivity contribution in [3.8, 4) is 0 Å². The number of allylic oxidation sites excluding steroid dienone is 2. The first-order valence-corrected chi connectivity index (χ1v) is 4.96. The van der Waals surface area contributed by atoms with Crippen LogP contribution in [0, 0.1) is 0 Å². The van der Waals surface area contributed by atoms with E-state index in [-0.39, 0.29) is 12.2 Å². The Bertz CT molecular complexity index is 451. The van der Waals surface area contributed by atoms with Crippen LogP contribution in [0.2, 0.25) is 0 Å². The summed E-state index contributed by atoms with van der Waals surface area (Å²) in [4.78, 5) is 0. The molecule has 1 unspecified atom stereocenters. The Balaban J connectivity index is 2.13. The van der Waals surface area contributed by atoms with Gasteiger partial charge >= 0.3 is 0 Å². The highest BCUT2D eigenvalue weighted by Gasteiger charge is 2.26. The van der Waals surface area contributed by atoms with E-state index >= 15 is 0 Å². The molecule has 4 heteroatoms. The standard InChI is InChI=1S/C12H12N2O2/c15-11-7-4-8-12(16,9-11)14-13-10-5-2-1-3-6-10/h1-8,15-16H,9H2. The Kier molecular flexibility index (Phi) is 2.83. The number of nitrogens with zero attached hydrogens (tertiary/aromatic N) is 2. The Morgan fingerprint density at radius 2 is 1.94 bits per heavy atom. The van der Waals surface area contributed by atoms with Crippen LogP contribution in [0.15, 0.2) is 64.5 Å². The summed E-state index contributed by atoms with van der Waals surface area (Å²) < 4.78 is 0. The lowest BCUT2D eigenvalue weighted by atomic mass is 10.0. The number of benzene rings is 1. The van der Waals surface area contributed by atoms with Crippen LogP contribution in [-0.2, 0) is 0 Å². The van der Waals surface area contributed by atoms with Crippen molar-refractivity contribution in [2.45, 2.75) is 12.1 Å². The molecule has 0 bridgehead atoms. The number of azo groups is 1. The summed E-state index contributed by atoms with van der Waals surface area (Å²) in [5.74, 6) is 0.0945. The van der Waals surface area contributed by atoms with Crippen LogP contribution in [-0.4, -0.2) is 15.9 Å². The minimum Gasteiger partial charge on any atom is -0.512 e. The van der Waals surface area contributed by atoms with E-state index in [0.29, 0.717) is 5.69 Å². The van der Waals surface area contributed by atoms with E-state index in [1.54, 1.807) is 18.2 Å². The molecule has 0 aromatic heterocycles. The minimum atomic E-state index is -1.44. The SMILES string of the molecule is OC1=CC=CC(O)(N=Nc2ccccc2)C1. The van der Waals surface area contributed by atoms with E-state index in [9.17, 15) is 10.2 Å². The van der Waals surface area contributed by atoms with Crippen LogP contribution < -0.4 is 0 Å². The highest BCUT2D eigenvalue weighted by Crippen LogP contribution is 2.25. The van der Waals surface area contributed by atoms with E-state index in [4.69, 9.17) is 0 Å². The summed E-state index contributed by atoms with van der Waals surface area (Å²) in [6, 6.07) is 9.13. The number of hydrogen-bond donors (Lipinski definition) is 2. The molecule has 2 rings (SSSR count). The summed E-state index contributed by atoms with van der Waals surface area (Å²) in [5.41, 5.74) is -0.771. The van der Waals surface area contributed by atoms with Crippen molar-refractivity contribution in [2.24, 2.45) is 10.2 Å². The molecule has 4 nitrogen and oxygen atoms in total. The van der Waals surface area contributed by atoms with Gasteiger partial charge in [0.25, 0.3) is 0 Å². The van der Waals surface area contributed by atoms with Crippen molar-refractivity contribution in [2.75, 3.05) is 0 Å². The molecule has 1 aliphatic rings. The Labute approximate surface area is 93.3 Å². The van der Waals surface area contributed by atoms with Crippen molar-refractivity contribution < 1.29 is 10.2 Å². The van der Waals surface area contributed by atoms with Crippen molar-refractivity contribution in [1.29, 1.82) is 0 Å². The predicted molar refractivity (Wildman–Crippen MR) is 60.4 cm³/mol. The number of rotatable bonds is 2. The van der Waals surface area contributed by atoms with E-state index < -0.39 is 5.72 Å². The third-order valence-electron chi connectivity index (χ3n) is 2.19. The smallest absolute Gasteiger partial charge is 0.203 e. The summed E-state index contributed by atoms with van der Waals surface area (Å²) in [6.07, 6.45) is 4.63. The van der Waals surface area contributed by atoms with Gasteiger partial charge in [-0.2, -0.15) is 5.11 Å². The zero-order valence-electron chi connectivity index (χ0n) is 8.61. The second kappa shape index (κ2) is 4.28. The molecule has 0 fully saturated rings. The maximum Gasteiger partial charge on any atom is 0.203 e. The lowest BCUT2D eigenvalue weighted by molar-refractivity contribution is 0.0796. The molecule has 1 atom stereocenters. The van der Waals surface area contributed by atoms with Crippen LogP contribution in [0.4, 0.5) is 5.69 Å². The van der Waals surface area contributed by atoms with Crippen molar-refractivity contribution >= 4 is 5.69 Å². The Morgan fingerprint density at radius 3 is 2.62 bits per heavy atom. The molecular weight excluding hydrogens is 204 g/mol. The lowest BCUT2D eigenvalue weighted by Gasteiger charge is -2.19. The zero-order chi connectivity index (χ0) is 11.4. The van der Waals surface area contributed by atoms with Crippen LogP contribution in [0.5, 0.6) is 0 Å². The Hall–Kier alpha value is -1.94. The predicted octanol–water partition coefficient (Wildman–Crippen LogP) is 2.86. The topological polar surface area (TPSA) is 65.2 Å².